The summed E-state index contributed by atoms with van der Waals surface area (Å²) < 4.78 is 5.81. The number of fused-ring (bicyclic) bond motifs is 1. The third kappa shape index (κ3) is 4.35. The third-order valence-electron chi connectivity index (χ3n) is 4.25. The van der Waals surface area contributed by atoms with E-state index in [-0.39, 0.29) is 5.41 Å². The van der Waals surface area contributed by atoms with Crippen molar-refractivity contribution in [3.05, 3.63) is 48.0 Å². The molecule has 0 aliphatic carbocycles. The molecule has 2 aromatic carbocycles. The van der Waals surface area contributed by atoms with E-state index in [1.165, 1.54) is 5.56 Å². The van der Waals surface area contributed by atoms with Gasteiger partial charge in [-0.3, -0.25) is 0 Å². The fourth-order valence-corrected chi connectivity index (χ4v) is 2.92. The highest BCUT2D eigenvalue weighted by Gasteiger charge is 2.15. The van der Waals surface area contributed by atoms with Crippen LogP contribution in [-0.4, -0.2) is 22.5 Å². The maximum Gasteiger partial charge on any atom is 0.138 e. The van der Waals surface area contributed by atoms with Crippen molar-refractivity contribution in [2.45, 2.75) is 39.0 Å². The van der Waals surface area contributed by atoms with Crippen molar-refractivity contribution in [3.8, 4) is 17.1 Å². The summed E-state index contributed by atoms with van der Waals surface area (Å²) in [7, 11) is 0. The van der Waals surface area contributed by atoms with Crippen molar-refractivity contribution in [2.75, 3.05) is 12.5 Å². The Labute approximate surface area is 154 Å². The van der Waals surface area contributed by atoms with Gasteiger partial charge in [-0.15, -0.1) is 11.6 Å². The zero-order valence-electron chi connectivity index (χ0n) is 15.1. The number of alkyl halides is 1. The summed E-state index contributed by atoms with van der Waals surface area (Å²) in [5, 5.41) is 0. The molecular formula is C21H25ClN2O. The van der Waals surface area contributed by atoms with Crippen LogP contribution in [0.25, 0.3) is 22.4 Å². The smallest absolute Gasteiger partial charge is 0.138 e. The van der Waals surface area contributed by atoms with Crippen LogP contribution in [0.15, 0.2) is 42.5 Å². The monoisotopic (exact) mass is 356 g/mol. The molecule has 1 heterocycles. The third-order valence-corrected chi connectivity index (χ3v) is 4.52. The average molecular weight is 357 g/mol. The highest BCUT2D eigenvalue weighted by Crippen LogP contribution is 2.28. The van der Waals surface area contributed by atoms with Gasteiger partial charge in [-0.1, -0.05) is 39.0 Å². The van der Waals surface area contributed by atoms with Crippen molar-refractivity contribution in [1.29, 1.82) is 0 Å². The second-order valence-electron chi connectivity index (χ2n) is 7.34. The van der Waals surface area contributed by atoms with Crippen molar-refractivity contribution in [2.24, 2.45) is 0 Å². The van der Waals surface area contributed by atoms with E-state index in [1.54, 1.807) is 0 Å². The molecule has 0 bridgehead atoms. The molecule has 0 spiro atoms. The molecule has 4 heteroatoms. The molecular weight excluding hydrogens is 332 g/mol. The van der Waals surface area contributed by atoms with Crippen molar-refractivity contribution >= 4 is 22.6 Å². The number of ether oxygens (including phenoxy) is 1. The fraction of sp³-hybridized carbons (Fsp3) is 0.381. The van der Waals surface area contributed by atoms with Gasteiger partial charge >= 0.3 is 0 Å². The topological polar surface area (TPSA) is 37.9 Å². The number of hydrogen-bond donors (Lipinski definition) is 1. The Morgan fingerprint density at radius 3 is 2.68 bits per heavy atom. The lowest BCUT2D eigenvalue weighted by Crippen LogP contribution is -2.10. The number of H-pyrrole nitrogens is 1. The molecule has 0 aliphatic rings. The van der Waals surface area contributed by atoms with Crippen LogP contribution in [0.1, 0.15) is 39.2 Å². The van der Waals surface area contributed by atoms with E-state index >= 15 is 0 Å². The second-order valence-corrected chi connectivity index (χ2v) is 7.72. The van der Waals surface area contributed by atoms with Gasteiger partial charge in [0.15, 0.2) is 0 Å². The van der Waals surface area contributed by atoms with Crippen LogP contribution >= 0.6 is 11.6 Å². The maximum atomic E-state index is 5.81. The quantitative estimate of drug-likeness (QED) is 0.439. The first-order valence-electron chi connectivity index (χ1n) is 8.77. The minimum absolute atomic E-state index is 0.115. The highest BCUT2D eigenvalue weighted by atomic mass is 35.5. The molecule has 0 aliphatic heterocycles. The normalized spacial score (nSPS) is 11.8. The minimum atomic E-state index is 0.115. The number of aromatic amines is 1. The molecule has 3 nitrogen and oxygen atoms in total. The van der Waals surface area contributed by atoms with Crippen LogP contribution in [0, 0.1) is 0 Å². The van der Waals surface area contributed by atoms with Crippen LogP contribution < -0.4 is 4.74 Å². The molecule has 0 fully saturated rings. The molecule has 3 aromatic rings. The molecule has 0 saturated carbocycles. The van der Waals surface area contributed by atoms with Gasteiger partial charge in [-0.2, -0.15) is 0 Å². The fourth-order valence-electron chi connectivity index (χ4n) is 2.73. The Hall–Kier alpha value is -2.00. The number of halogens is 1. The number of unbranched alkanes of at least 4 members (excludes halogenated alkanes) is 1. The number of nitrogens with zero attached hydrogens (tertiary/aromatic N) is 1. The maximum absolute atomic E-state index is 5.81. The molecule has 0 amide bonds. The molecule has 1 aromatic heterocycles. The number of benzene rings is 2. The first-order chi connectivity index (χ1) is 12.0. The first-order valence-corrected chi connectivity index (χ1v) is 9.30. The predicted octanol–water partition coefficient (Wildman–Crippen LogP) is 5.93. The van der Waals surface area contributed by atoms with E-state index in [2.05, 4.69) is 44.0 Å². The largest absolute Gasteiger partial charge is 0.494 e. The second kappa shape index (κ2) is 7.49. The number of hydrogen-bond acceptors (Lipinski definition) is 2. The van der Waals surface area contributed by atoms with Crippen LogP contribution in [0.5, 0.6) is 5.75 Å². The molecule has 0 radical (unpaired) electrons. The van der Waals surface area contributed by atoms with Gasteiger partial charge in [-0.25, -0.2) is 4.98 Å². The summed E-state index contributed by atoms with van der Waals surface area (Å²) in [6, 6.07) is 14.5. The standard InChI is InChI=1S/C21H25ClN2O/c1-21(2,3)16-9-10-18-19(14-16)24-20(23-18)15-7-6-8-17(13-15)25-12-5-4-11-22/h6-10,13-14H,4-5,11-12H2,1-3H3,(H,23,24). The van der Waals surface area contributed by atoms with E-state index in [0.29, 0.717) is 12.5 Å². The van der Waals surface area contributed by atoms with E-state index in [4.69, 9.17) is 21.3 Å². The van der Waals surface area contributed by atoms with Gasteiger partial charge in [0.1, 0.15) is 11.6 Å². The lowest BCUT2D eigenvalue weighted by Gasteiger charge is -2.18. The van der Waals surface area contributed by atoms with Gasteiger partial charge < -0.3 is 9.72 Å². The number of imidazole rings is 1. The first kappa shape index (κ1) is 17.8. The molecule has 3 rings (SSSR count). The lowest BCUT2D eigenvalue weighted by atomic mass is 9.87. The molecule has 0 atom stereocenters. The van der Waals surface area contributed by atoms with E-state index < -0.39 is 0 Å². The van der Waals surface area contributed by atoms with Crippen LogP contribution in [0.3, 0.4) is 0 Å². The lowest BCUT2D eigenvalue weighted by molar-refractivity contribution is 0.310. The van der Waals surface area contributed by atoms with Gasteiger partial charge in [0, 0.05) is 11.4 Å². The number of nitrogens with one attached hydrogen (secondary N) is 1. The summed E-state index contributed by atoms with van der Waals surface area (Å²) in [5.41, 5.74) is 4.48. The molecule has 0 saturated heterocycles. The van der Waals surface area contributed by atoms with Crippen LogP contribution in [-0.2, 0) is 5.41 Å². The van der Waals surface area contributed by atoms with E-state index in [0.717, 1.165) is 41.0 Å². The van der Waals surface area contributed by atoms with Gasteiger partial charge in [-0.05, 0) is 48.1 Å². The Bertz CT molecular complexity index is 848. The van der Waals surface area contributed by atoms with Crippen molar-refractivity contribution < 1.29 is 4.74 Å². The van der Waals surface area contributed by atoms with Gasteiger partial charge in [0.05, 0.1) is 17.6 Å². The summed E-state index contributed by atoms with van der Waals surface area (Å²) in [6.07, 6.45) is 1.94. The summed E-state index contributed by atoms with van der Waals surface area (Å²) in [6.45, 7) is 7.33. The Morgan fingerprint density at radius 2 is 1.92 bits per heavy atom. The minimum Gasteiger partial charge on any atom is -0.494 e. The number of rotatable bonds is 6. The van der Waals surface area contributed by atoms with E-state index in [1.807, 2.05) is 24.3 Å². The highest BCUT2D eigenvalue weighted by molar-refractivity contribution is 6.17. The Balaban J connectivity index is 1.84. The molecule has 0 unspecified atom stereocenters. The summed E-state index contributed by atoms with van der Waals surface area (Å²) in [4.78, 5) is 8.19. The van der Waals surface area contributed by atoms with Crippen molar-refractivity contribution in [3.63, 3.8) is 0 Å². The average Bonchev–Trinajstić information content (AvgIpc) is 3.01. The predicted molar refractivity (Wildman–Crippen MR) is 106 cm³/mol. The van der Waals surface area contributed by atoms with Gasteiger partial charge in [0.2, 0.25) is 0 Å². The van der Waals surface area contributed by atoms with Crippen LogP contribution in [0.4, 0.5) is 0 Å². The zero-order valence-corrected chi connectivity index (χ0v) is 15.9. The molecule has 132 valence electrons. The summed E-state index contributed by atoms with van der Waals surface area (Å²) >= 11 is 5.70. The van der Waals surface area contributed by atoms with Crippen LogP contribution in [0.2, 0.25) is 0 Å². The SMILES string of the molecule is CC(C)(C)c1ccc2[nH]c(-c3cccc(OCCCCCl)c3)nc2c1. The molecule has 1 N–H and O–H groups in total. The van der Waals surface area contributed by atoms with Gasteiger partial charge in [0.25, 0.3) is 0 Å². The van der Waals surface area contributed by atoms with Crippen molar-refractivity contribution in [1.82, 2.24) is 9.97 Å². The molecule has 25 heavy (non-hydrogen) atoms. The summed E-state index contributed by atoms with van der Waals surface area (Å²) in [5.74, 6) is 2.41. The Morgan fingerprint density at radius 1 is 1.08 bits per heavy atom. The number of aromatic nitrogens is 2. The Kier molecular flexibility index (Phi) is 5.33. The zero-order chi connectivity index (χ0) is 17.9. The van der Waals surface area contributed by atoms with E-state index in [9.17, 15) is 0 Å².